The van der Waals surface area contributed by atoms with E-state index in [4.69, 9.17) is 19.3 Å². The molecule has 0 aromatic carbocycles. The van der Waals surface area contributed by atoms with Crippen molar-refractivity contribution in [1.29, 1.82) is 0 Å². The first-order valence-corrected chi connectivity index (χ1v) is 7.31. The first-order chi connectivity index (χ1) is 10.5. The smallest absolute Gasteiger partial charge is 0.347 e. The van der Waals surface area contributed by atoms with Crippen LogP contribution in [0.5, 0.6) is 0 Å². The Morgan fingerprint density at radius 3 is 2.41 bits per heavy atom. The molecule has 124 valence electrons. The minimum absolute atomic E-state index is 0.0844. The van der Waals surface area contributed by atoms with Crippen molar-refractivity contribution in [2.24, 2.45) is 5.92 Å². The number of hydrogen-bond donors (Lipinski definition) is 1. The molecule has 1 N–H and O–H groups in total. The lowest BCUT2D eigenvalue weighted by Gasteiger charge is -2.28. The zero-order valence-corrected chi connectivity index (χ0v) is 12.7. The molecule has 0 aromatic rings. The third-order valence-electron chi connectivity index (χ3n) is 3.45. The fourth-order valence-corrected chi connectivity index (χ4v) is 2.39. The van der Waals surface area contributed by atoms with Gasteiger partial charge in [0, 0.05) is 25.2 Å². The lowest BCUT2D eigenvalue weighted by atomic mass is 9.85. The summed E-state index contributed by atoms with van der Waals surface area (Å²) < 4.78 is 15.0. The van der Waals surface area contributed by atoms with Gasteiger partial charge in [-0.05, 0) is 12.8 Å². The fraction of sp³-hybridized carbons (Fsp3) is 0.667. The van der Waals surface area contributed by atoms with Crippen molar-refractivity contribution in [1.82, 2.24) is 0 Å². The molecule has 1 rings (SSSR count). The Balaban J connectivity index is 2.66. The highest BCUT2D eigenvalue weighted by Gasteiger charge is 2.33. The van der Waals surface area contributed by atoms with Gasteiger partial charge in [-0.3, -0.25) is 0 Å². The van der Waals surface area contributed by atoms with Gasteiger partial charge in [0.25, 0.3) is 0 Å². The summed E-state index contributed by atoms with van der Waals surface area (Å²) in [5.74, 6) is -2.82. The van der Waals surface area contributed by atoms with E-state index >= 15 is 0 Å². The van der Waals surface area contributed by atoms with Crippen molar-refractivity contribution >= 4 is 17.9 Å². The predicted octanol–water partition coefficient (Wildman–Crippen LogP) is 1.31. The minimum Gasteiger partial charge on any atom is -0.478 e. The van der Waals surface area contributed by atoms with Crippen LogP contribution in [0.1, 0.15) is 32.1 Å². The predicted molar refractivity (Wildman–Crippen MR) is 76.1 cm³/mol. The topological polar surface area (TPSA) is 99.1 Å². The van der Waals surface area contributed by atoms with E-state index in [-0.39, 0.29) is 19.1 Å². The number of carboxylic acid groups (broad SMARTS) is 1. The number of methoxy groups -OCH3 is 1. The van der Waals surface area contributed by atoms with Crippen molar-refractivity contribution in [3.05, 3.63) is 12.2 Å². The van der Waals surface area contributed by atoms with Crippen LogP contribution in [0, 0.1) is 5.92 Å². The molecule has 22 heavy (non-hydrogen) atoms. The first kappa shape index (κ1) is 18.2. The molecule has 1 saturated carbocycles. The Hall–Kier alpha value is -1.89. The van der Waals surface area contributed by atoms with E-state index in [2.05, 4.69) is 0 Å². The van der Waals surface area contributed by atoms with Crippen LogP contribution in [-0.2, 0) is 28.6 Å². The van der Waals surface area contributed by atoms with Crippen LogP contribution < -0.4 is 0 Å². The molecule has 1 unspecified atom stereocenters. The number of aliphatic carboxylic acids is 1. The molecule has 0 spiro atoms. The molecular formula is C15H22O7. The van der Waals surface area contributed by atoms with Gasteiger partial charge in [-0.2, -0.15) is 0 Å². The Morgan fingerprint density at radius 2 is 1.82 bits per heavy atom. The maximum atomic E-state index is 12.1. The van der Waals surface area contributed by atoms with Crippen LogP contribution in [0.3, 0.4) is 0 Å². The summed E-state index contributed by atoms with van der Waals surface area (Å²) in [5, 5.41) is 8.50. The molecular weight excluding hydrogens is 292 g/mol. The van der Waals surface area contributed by atoms with Crippen LogP contribution in [0.15, 0.2) is 12.2 Å². The summed E-state index contributed by atoms with van der Waals surface area (Å²) in [6.45, 7) is 0.344. The molecule has 0 saturated heterocycles. The average molecular weight is 314 g/mol. The highest BCUT2D eigenvalue weighted by Crippen LogP contribution is 2.28. The molecule has 0 radical (unpaired) electrons. The van der Waals surface area contributed by atoms with Crippen LogP contribution in [-0.4, -0.2) is 49.4 Å². The van der Waals surface area contributed by atoms with E-state index < -0.39 is 24.0 Å². The molecule has 1 aliphatic rings. The standard InChI is InChI=1S/C15H22O7/c1-20-9-10-21-15(19)14(11-5-3-2-4-6-11)22-13(18)8-7-12(16)17/h7-8,11,14H,2-6,9-10H2,1H3,(H,16,17). The van der Waals surface area contributed by atoms with Gasteiger partial charge in [0.15, 0.2) is 0 Å². The number of esters is 2. The van der Waals surface area contributed by atoms with Gasteiger partial charge < -0.3 is 19.3 Å². The summed E-state index contributed by atoms with van der Waals surface area (Å²) in [6.07, 6.45) is 5.05. The minimum atomic E-state index is -1.26. The number of carbonyl (C=O) groups is 3. The monoisotopic (exact) mass is 314 g/mol. The number of carboxylic acids is 1. The van der Waals surface area contributed by atoms with Gasteiger partial charge >= 0.3 is 17.9 Å². The van der Waals surface area contributed by atoms with E-state index in [9.17, 15) is 14.4 Å². The molecule has 1 fully saturated rings. The Labute approximate surface area is 129 Å². The van der Waals surface area contributed by atoms with Crippen molar-refractivity contribution in [2.75, 3.05) is 20.3 Å². The maximum absolute atomic E-state index is 12.1. The van der Waals surface area contributed by atoms with Gasteiger partial charge in [0.1, 0.15) is 6.61 Å². The zero-order chi connectivity index (χ0) is 16.4. The number of rotatable bonds is 8. The molecule has 1 atom stereocenters. The zero-order valence-electron chi connectivity index (χ0n) is 12.7. The third-order valence-corrected chi connectivity index (χ3v) is 3.45. The van der Waals surface area contributed by atoms with Crippen molar-refractivity contribution in [3.63, 3.8) is 0 Å². The van der Waals surface area contributed by atoms with Crippen LogP contribution in [0.2, 0.25) is 0 Å². The van der Waals surface area contributed by atoms with E-state index in [0.29, 0.717) is 6.08 Å². The van der Waals surface area contributed by atoms with Crippen molar-refractivity contribution < 1.29 is 33.7 Å². The molecule has 7 heteroatoms. The van der Waals surface area contributed by atoms with E-state index in [1.807, 2.05) is 0 Å². The summed E-state index contributed by atoms with van der Waals surface area (Å²) in [4.78, 5) is 34.1. The second kappa shape index (κ2) is 9.94. The van der Waals surface area contributed by atoms with Crippen molar-refractivity contribution in [2.45, 2.75) is 38.2 Å². The maximum Gasteiger partial charge on any atom is 0.347 e. The molecule has 0 bridgehead atoms. The summed E-state index contributed by atoms with van der Waals surface area (Å²) in [5.41, 5.74) is 0. The lowest BCUT2D eigenvalue weighted by Crippen LogP contribution is -2.37. The summed E-state index contributed by atoms with van der Waals surface area (Å²) >= 11 is 0. The summed E-state index contributed by atoms with van der Waals surface area (Å²) in [6, 6.07) is 0. The summed E-state index contributed by atoms with van der Waals surface area (Å²) in [7, 11) is 1.49. The first-order valence-electron chi connectivity index (χ1n) is 7.31. The Bertz CT molecular complexity index is 410. The van der Waals surface area contributed by atoms with Gasteiger partial charge in [0.2, 0.25) is 6.10 Å². The SMILES string of the molecule is COCCOC(=O)C(OC(=O)C=CC(=O)O)C1CCCCC1. The largest absolute Gasteiger partial charge is 0.478 e. The third kappa shape index (κ3) is 6.71. The van der Waals surface area contributed by atoms with Gasteiger partial charge in [-0.1, -0.05) is 19.3 Å². The Kier molecular flexibility index (Phi) is 8.21. The number of ether oxygens (including phenoxy) is 3. The highest BCUT2D eigenvalue weighted by molar-refractivity contribution is 5.92. The average Bonchev–Trinajstić information content (AvgIpc) is 2.51. The van der Waals surface area contributed by atoms with Gasteiger partial charge in [-0.25, -0.2) is 14.4 Å². The van der Waals surface area contributed by atoms with Crippen LogP contribution in [0.4, 0.5) is 0 Å². The van der Waals surface area contributed by atoms with E-state index in [1.165, 1.54) is 7.11 Å². The molecule has 0 aromatic heterocycles. The number of carbonyl (C=O) groups excluding carboxylic acids is 2. The molecule has 0 aliphatic heterocycles. The fourth-order valence-electron chi connectivity index (χ4n) is 2.39. The van der Waals surface area contributed by atoms with Crippen LogP contribution >= 0.6 is 0 Å². The highest BCUT2D eigenvalue weighted by atomic mass is 16.6. The second-order valence-corrected chi connectivity index (χ2v) is 5.09. The van der Waals surface area contributed by atoms with Gasteiger partial charge in [-0.15, -0.1) is 0 Å². The van der Waals surface area contributed by atoms with E-state index in [1.54, 1.807) is 0 Å². The molecule has 0 amide bonds. The molecule has 7 nitrogen and oxygen atoms in total. The number of hydrogen-bond acceptors (Lipinski definition) is 6. The Morgan fingerprint density at radius 1 is 1.14 bits per heavy atom. The molecule has 0 heterocycles. The second-order valence-electron chi connectivity index (χ2n) is 5.09. The molecule has 1 aliphatic carbocycles. The van der Waals surface area contributed by atoms with Gasteiger partial charge in [0.05, 0.1) is 6.61 Å². The van der Waals surface area contributed by atoms with E-state index in [0.717, 1.165) is 38.2 Å². The lowest BCUT2D eigenvalue weighted by molar-refractivity contribution is -0.170. The van der Waals surface area contributed by atoms with Crippen molar-refractivity contribution in [3.8, 4) is 0 Å². The quantitative estimate of drug-likeness (QED) is 0.409. The normalized spacial score (nSPS) is 17.1. The van der Waals surface area contributed by atoms with Crippen LogP contribution in [0.25, 0.3) is 0 Å².